The van der Waals surface area contributed by atoms with Crippen LogP contribution >= 0.6 is 0 Å². The number of fused-ring (bicyclic) bond motifs is 1. The first kappa shape index (κ1) is 19.5. The van der Waals surface area contributed by atoms with Crippen LogP contribution in [0.2, 0.25) is 0 Å². The van der Waals surface area contributed by atoms with Gasteiger partial charge in [0.1, 0.15) is 0 Å². The minimum atomic E-state index is -0.270. The summed E-state index contributed by atoms with van der Waals surface area (Å²) in [6.45, 7) is 0. The van der Waals surface area contributed by atoms with Crippen molar-refractivity contribution in [3.8, 4) is 0 Å². The number of hydrogen-bond acceptors (Lipinski definition) is 5. The van der Waals surface area contributed by atoms with Crippen molar-refractivity contribution < 1.29 is 5.11 Å². The summed E-state index contributed by atoms with van der Waals surface area (Å²) < 4.78 is 0. The molecule has 5 heteroatoms. The Balaban J connectivity index is 1.25. The lowest BCUT2D eigenvalue weighted by molar-refractivity contribution is 0.0235. The lowest BCUT2D eigenvalue weighted by Gasteiger charge is -2.41. The molecule has 0 aromatic heterocycles. The van der Waals surface area contributed by atoms with E-state index in [-0.39, 0.29) is 12.1 Å². The monoisotopic (exact) mass is 374 g/mol. The molecule has 4 atom stereocenters. The van der Waals surface area contributed by atoms with Crippen LogP contribution in [0.15, 0.2) is 20.5 Å². The van der Waals surface area contributed by atoms with Crippen molar-refractivity contribution in [1.82, 2.24) is 0 Å². The van der Waals surface area contributed by atoms with Crippen molar-refractivity contribution in [3.05, 3.63) is 0 Å². The van der Waals surface area contributed by atoms with E-state index in [0.717, 1.165) is 38.0 Å². The highest BCUT2D eigenvalue weighted by Gasteiger charge is 2.40. The van der Waals surface area contributed by atoms with E-state index in [0.29, 0.717) is 24.0 Å². The van der Waals surface area contributed by atoms with Gasteiger partial charge in [0, 0.05) is 0 Å². The van der Waals surface area contributed by atoms with Crippen LogP contribution in [0.5, 0.6) is 0 Å². The maximum absolute atomic E-state index is 10.5. The van der Waals surface area contributed by atoms with E-state index in [9.17, 15) is 5.11 Å². The largest absolute Gasteiger partial charge is 0.391 e. The van der Waals surface area contributed by atoms with Crippen molar-refractivity contribution in [2.45, 2.75) is 127 Å². The zero-order valence-electron chi connectivity index (χ0n) is 16.9. The van der Waals surface area contributed by atoms with Gasteiger partial charge < -0.3 is 5.11 Å². The molecule has 5 nitrogen and oxygen atoms in total. The van der Waals surface area contributed by atoms with Gasteiger partial charge in [-0.1, -0.05) is 38.5 Å². The van der Waals surface area contributed by atoms with Crippen LogP contribution in [0, 0.1) is 11.8 Å². The maximum atomic E-state index is 10.5. The Labute approximate surface area is 164 Å². The minimum absolute atomic E-state index is 0.0627. The molecule has 0 radical (unpaired) electrons. The highest BCUT2D eigenvalue weighted by molar-refractivity contribution is 4.94. The first-order valence-corrected chi connectivity index (χ1v) is 11.8. The number of aliphatic hydroxyl groups excluding tert-OH is 1. The van der Waals surface area contributed by atoms with Gasteiger partial charge in [-0.25, -0.2) is 0 Å². The third-order valence-corrected chi connectivity index (χ3v) is 7.63. The SMILES string of the molecule is OC1CCC2CCCCC2C1N=NC1CCC(N=NC2CCCCC2)CC1. The molecule has 0 aromatic carbocycles. The van der Waals surface area contributed by atoms with Crippen LogP contribution in [0.1, 0.15) is 96.3 Å². The fourth-order valence-electron chi connectivity index (χ4n) is 5.89. The Kier molecular flexibility index (Phi) is 6.91. The average molecular weight is 375 g/mol. The normalized spacial score (nSPS) is 41.8. The van der Waals surface area contributed by atoms with E-state index in [2.05, 4.69) is 10.2 Å². The first-order valence-electron chi connectivity index (χ1n) is 11.8. The fourth-order valence-corrected chi connectivity index (χ4v) is 5.89. The van der Waals surface area contributed by atoms with E-state index in [1.165, 1.54) is 64.2 Å². The summed E-state index contributed by atoms with van der Waals surface area (Å²) in [5, 5.41) is 29.3. The molecule has 0 amide bonds. The summed E-state index contributed by atoms with van der Waals surface area (Å²) in [4.78, 5) is 0. The van der Waals surface area contributed by atoms with E-state index in [1.54, 1.807) is 0 Å². The van der Waals surface area contributed by atoms with Gasteiger partial charge in [0.15, 0.2) is 0 Å². The van der Waals surface area contributed by atoms with Gasteiger partial charge in [-0.05, 0) is 69.6 Å². The van der Waals surface area contributed by atoms with Crippen LogP contribution in [-0.4, -0.2) is 35.4 Å². The molecule has 0 spiro atoms. The van der Waals surface area contributed by atoms with Gasteiger partial charge >= 0.3 is 0 Å². The van der Waals surface area contributed by atoms with Gasteiger partial charge in [-0.3, -0.25) is 0 Å². The van der Waals surface area contributed by atoms with Crippen LogP contribution in [0.25, 0.3) is 0 Å². The second-order valence-corrected chi connectivity index (χ2v) is 9.56. The quantitative estimate of drug-likeness (QED) is 0.615. The number of nitrogens with zero attached hydrogens (tertiary/aromatic N) is 4. The summed E-state index contributed by atoms with van der Waals surface area (Å²) in [5.74, 6) is 1.36. The third kappa shape index (κ3) is 5.16. The van der Waals surface area contributed by atoms with E-state index >= 15 is 0 Å². The minimum Gasteiger partial charge on any atom is -0.391 e. The van der Waals surface area contributed by atoms with Crippen molar-refractivity contribution in [2.75, 3.05) is 0 Å². The molecule has 0 aromatic rings. The number of azo groups is 2. The van der Waals surface area contributed by atoms with Gasteiger partial charge in [0.25, 0.3) is 0 Å². The predicted octanol–water partition coefficient (Wildman–Crippen LogP) is 5.86. The highest BCUT2D eigenvalue weighted by atomic mass is 16.3. The molecule has 4 unspecified atom stereocenters. The van der Waals surface area contributed by atoms with Gasteiger partial charge in [-0.2, -0.15) is 20.5 Å². The maximum Gasteiger partial charge on any atom is 0.0997 e. The van der Waals surface area contributed by atoms with E-state index < -0.39 is 0 Å². The lowest BCUT2D eigenvalue weighted by Crippen LogP contribution is -2.42. The summed E-state index contributed by atoms with van der Waals surface area (Å²) in [6, 6.07) is 1.30. The Hall–Kier alpha value is -0.840. The zero-order chi connectivity index (χ0) is 18.5. The Morgan fingerprint density at radius 2 is 1.04 bits per heavy atom. The molecule has 1 N–H and O–H groups in total. The van der Waals surface area contributed by atoms with Gasteiger partial charge in [-0.15, -0.1) is 0 Å². The fraction of sp³-hybridized carbons (Fsp3) is 1.00. The highest BCUT2D eigenvalue weighted by Crippen LogP contribution is 2.42. The predicted molar refractivity (Wildman–Crippen MR) is 107 cm³/mol. The van der Waals surface area contributed by atoms with Crippen molar-refractivity contribution in [2.24, 2.45) is 32.3 Å². The molecule has 4 aliphatic rings. The van der Waals surface area contributed by atoms with Crippen LogP contribution in [0.4, 0.5) is 0 Å². The van der Waals surface area contributed by atoms with Gasteiger partial charge in [0.05, 0.1) is 30.3 Å². The molecular weight excluding hydrogens is 336 g/mol. The third-order valence-electron chi connectivity index (χ3n) is 7.63. The smallest absolute Gasteiger partial charge is 0.0997 e. The van der Waals surface area contributed by atoms with Crippen molar-refractivity contribution >= 4 is 0 Å². The molecule has 0 bridgehead atoms. The van der Waals surface area contributed by atoms with E-state index in [4.69, 9.17) is 10.2 Å². The standard InChI is InChI=1S/C22H38N4O/c27-21-15-10-16-6-4-5-9-20(16)22(21)26-25-19-13-11-18(12-14-19)24-23-17-7-2-1-3-8-17/h16-22,27H,1-15H2. The van der Waals surface area contributed by atoms with Crippen LogP contribution in [0.3, 0.4) is 0 Å². The molecule has 0 heterocycles. The molecule has 0 aliphatic heterocycles. The molecule has 4 fully saturated rings. The Morgan fingerprint density at radius 3 is 1.74 bits per heavy atom. The summed E-state index contributed by atoms with van der Waals surface area (Å²) in [7, 11) is 0. The molecule has 27 heavy (non-hydrogen) atoms. The second kappa shape index (κ2) is 9.58. The topological polar surface area (TPSA) is 69.7 Å². The number of aliphatic hydroxyl groups is 1. The first-order chi connectivity index (χ1) is 13.3. The summed E-state index contributed by atoms with van der Waals surface area (Å²) >= 11 is 0. The molecule has 152 valence electrons. The molecular formula is C22H38N4O. The van der Waals surface area contributed by atoms with Crippen molar-refractivity contribution in [3.63, 3.8) is 0 Å². The lowest BCUT2D eigenvalue weighted by atomic mass is 9.67. The Morgan fingerprint density at radius 1 is 0.481 bits per heavy atom. The number of hydrogen-bond donors (Lipinski definition) is 1. The Bertz CT molecular complexity index is 508. The van der Waals surface area contributed by atoms with Crippen molar-refractivity contribution in [1.29, 1.82) is 0 Å². The summed E-state index contributed by atoms with van der Waals surface area (Å²) in [6.07, 6.45) is 17.9. The van der Waals surface area contributed by atoms with E-state index in [1.807, 2.05) is 0 Å². The molecule has 0 saturated heterocycles. The summed E-state index contributed by atoms with van der Waals surface area (Å²) in [5.41, 5.74) is 0. The molecule has 4 aliphatic carbocycles. The second-order valence-electron chi connectivity index (χ2n) is 9.56. The zero-order valence-corrected chi connectivity index (χ0v) is 16.9. The molecule has 4 saturated carbocycles. The van der Waals surface area contributed by atoms with Crippen LogP contribution in [-0.2, 0) is 0 Å². The van der Waals surface area contributed by atoms with Gasteiger partial charge in [0.2, 0.25) is 0 Å². The average Bonchev–Trinajstić information content (AvgIpc) is 2.73. The number of rotatable bonds is 4. The molecule has 4 rings (SSSR count). The van der Waals surface area contributed by atoms with Crippen LogP contribution < -0.4 is 0 Å².